The number of aromatic nitrogens is 1. The number of carbonyl (C=O) groups excluding carboxylic acids is 1. The monoisotopic (exact) mass is 701 g/mol. The van der Waals surface area contributed by atoms with E-state index in [1.54, 1.807) is 11.0 Å². The molecule has 268 valence electrons. The highest BCUT2D eigenvalue weighted by Gasteiger charge is 2.57. The highest BCUT2D eigenvalue weighted by molar-refractivity contribution is 5.87. The zero-order chi connectivity index (χ0) is 36.2. The van der Waals surface area contributed by atoms with E-state index in [0.717, 1.165) is 29.5 Å². The van der Waals surface area contributed by atoms with Crippen molar-refractivity contribution in [1.29, 1.82) is 0 Å². The molecule has 1 aliphatic heterocycles. The van der Waals surface area contributed by atoms with Crippen LogP contribution >= 0.6 is 0 Å². The molecule has 10 nitrogen and oxygen atoms in total. The third-order valence-electron chi connectivity index (χ3n) is 9.46. The molecule has 0 saturated carbocycles. The van der Waals surface area contributed by atoms with E-state index in [4.69, 9.17) is 14.2 Å². The van der Waals surface area contributed by atoms with Crippen LogP contribution in [-0.4, -0.2) is 72.6 Å². The van der Waals surface area contributed by atoms with E-state index in [1.807, 2.05) is 12.1 Å². The molecule has 3 aromatic carbocycles. The van der Waals surface area contributed by atoms with Crippen molar-refractivity contribution in [2.24, 2.45) is 5.92 Å². The lowest BCUT2D eigenvalue weighted by atomic mass is 9.87. The Balaban J connectivity index is 1.38. The van der Waals surface area contributed by atoms with Gasteiger partial charge in [-0.3, -0.25) is 19.8 Å². The number of fused-ring (bicyclic) bond motifs is 1. The number of nitro benzene ring substituents is 1. The molecular formula is C36H39F4N3O7. The number of nitrogens with zero attached hydrogens (tertiary/aromatic N) is 3. The van der Waals surface area contributed by atoms with Crippen LogP contribution in [0.3, 0.4) is 0 Å². The Morgan fingerprint density at radius 1 is 1.02 bits per heavy atom. The van der Waals surface area contributed by atoms with Crippen LogP contribution in [0.25, 0.3) is 10.9 Å². The maximum Gasteiger partial charge on any atom is 0.422 e. The Kier molecular flexibility index (Phi) is 11.0. The number of benzene rings is 3. The maximum atomic E-state index is 15.0. The molecule has 0 aliphatic carbocycles. The predicted octanol–water partition coefficient (Wildman–Crippen LogP) is 6.56. The Morgan fingerprint density at radius 2 is 1.68 bits per heavy atom. The highest BCUT2D eigenvalue weighted by atomic mass is 19.4. The second-order valence-electron chi connectivity index (χ2n) is 12.6. The number of aryl methyl sites for hydroxylation is 1. The fourth-order valence-corrected chi connectivity index (χ4v) is 6.69. The van der Waals surface area contributed by atoms with Gasteiger partial charge in [-0.05, 0) is 74.5 Å². The van der Waals surface area contributed by atoms with Crippen LogP contribution in [0.2, 0.25) is 0 Å². The second kappa shape index (κ2) is 15.1. The zero-order valence-electron chi connectivity index (χ0n) is 28.0. The van der Waals surface area contributed by atoms with E-state index < -0.39 is 34.6 Å². The fraction of sp³-hybridized carbons (Fsp3) is 0.417. The van der Waals surface area contributed by atoms with Crippen LogP contribution in [0.1, 0.15) is 41.5 Å². The first kappa shape index (κ1) is 36.6. The first-order valence-electron chi connectivity index (χ1n) is 16.1. The highest BCUT2D eigenvalue weighted by Crippen LogP contribution is 2.45. The number of aliphatic hydroxyl groups is 1. The Hall–Kier alpha value is -4.69. The fourth-order valence-electron chi connectivity index (χ4n) is 6.69. The summed E-state index contributed by atoms with van der Waals surface area (Å²) in [5, 5.41) is 23.1. The molecular weight excluding hydrogens is 662 g/mol. The maximum absolute atomic E-state index is 15.0. The number of halogens is 4. The van der Waals surface area contributed by atoms with Crippen LogP contribution in [0.4, 0.5) is 23.2 Å². The molecule has 1 N–H and O–H groups in total. The average Bonchev–Trinajstić information content (AvgIpc) is 3.46. The summed E-state index contributed by atoms with van der Waals surface area (Å²) in [7, 11) is 4.40. The number of non-ortho nitro benzene ring substituents is 1. The summed E-state index contributed by atoms with van der Waals surface area (Å²) >= 11 is 0. The molecule has 1 aliphatic rings. The van der Waals surface area contributed by atoms with Gasteiger partial charge in [0.2, 0.25) is 5.60 Å². The minimum absolute atomic E-state index is 0.0177. The first-order chi connectivity index (χ1) is 23.8. The number of esters is 1. The molecule has 50 heavy (non-hydrogen) atoms. The van der Waals surface area contributed by atoms with Crippen LogP contribution in [-0.2, 0) is 34.5 Å². The molecule has 2 heterocycles. The van der Waals surface area contributed by atoms with Gasteiger partial charge < -0.3 is 23.9 Å². The SMILES string of the molecule is COC(=O)CCc1cc(OC)c(CC2CCN(CC(O)(c3cn(Cc4ccccc4F)c4cc([N+](=O)[O-])ccc34)C(F)(F)F)CC2)c(OC)c1. The molecule has 1 saturated heterocycles. The van der Waals surface area contributed by atoms with Gasteiger partial charge >= 0.3 is 12.1 Å². The zero-order valence-corrected chi connectivity index (χ0v) is 28.0. The number of hydrogen-bond acceptors (Lipinski definition) is 8. The quantitative estimate of drug-likeness (QED) is 0.0721. The number of ether oxygens (including phenoxy) is 3. The minimum atomic E-state index is -5.11. The Labute approximate surface area is 286 Å². The van der Waals surface area contributed by atoms with E-state index in [-0.39, 0.29) is 60.1 Å². The van der Waals surface area contributed by atoms with Crippen molar-refractivity contribution in [3.8, 4) is 11.5 Å². The molecule has 0 radical (unpaired) electrons. The average molecular weight is 702 g/mol. The van der Waals surface area contributed by atoms with Crippen LogP contribution in [0.5, 0.6) is 11.5 Å². The molecule has 1 aromatic heterocycles. The van der Waals surface area contributed by atoms with E-state index in [2.05, 4.69) is 0 Å². The van der Waals surface area contributed by atoms with E-state index in [1.165, 1.54) is 50.2 Å². The summed E-state index contributed by atoms with van der Waals surface area (Å²) < 4.78 is 76.8. The first-order valence-corrected chi connectivity index (χ1v) is 16.1. The van der Waals surface area contributed by atoms with Gasteiger partial charge in [0.15, 0.2) is 0 Å². The number of hydrogen-bond donors (Lipinski definition) is 1. The Bertz CT molecular complexity index is 1830. The number of piperidine rings is 1. The second-order valence-corrected chi connectivity index (χ2v) is 12.6. The van der Waals surface area contributed by atoms with Crippen molar-refractivity contribution in [2.45, 2.75) is 50.4 Å². The van der Waals surface area contributed by atoms with E-state index in [0.29, 0.717) is 37.2 Å². The van der Waals surface area contributed by atoms with Crippen LogP contribution in [0.15, 0.2) is 60.8 Å². The third kappa shape index (κ3) is 7.71. The summed E-state index contributed by atoms with van der Waals surface area (Å²) in [6.07, 6.45) is -1.76. The van der Waals surface area contributed by atoms with E-state index >= 15 is 0 Å². The summed E-state index contributed by atoms with van der Waals surface area (Å²) in [6.45, 7) is -0.433. The number of rotatable bonds is 13. The van der Waals surface area contributed by atoms with Crippen molar-refractivity contribution < 1.29 is 46.6 Å². The summed E-state index contributed by atoms with van der Waals surface area (Å²) in [4.78, 5) is 24.1. The van der Waals surface area contributed by atoms with Crippen molar-refractivity contribution in [2.75, 3.05) is 41.0 Å². The van der Waals surface area contributed by atoms with E-state index in [9.17, 15) is 37.6 Å². The molecule has 1 unspecified atom stereocenters. The van der Waals surface area contributed by atoms with Gasteiger partial charge in [0.05, 0.1) is 38.3 Å². The van der Waals surface area contributed by atoms with Crippen molar-refractivity contribution in [3.63, 3.8) is 0 Å². The molecule has 0 bridgehead atoms. The van der Waals surface area contributed by atoms with Gasteiger partial charge in [0.25, 0.3) is 5.69 Å². The molecule has 4 aromatic rings. The van der Waals surface area contributed by atoms with Crippen LogP contribution in [0, 0.1) is 21.8 Å². The molecule has 0 amide bonds. The summed E-state index contributed by atoms with van der Waals surface area (Å²) in [5.41, 5.74) is -2.25. The predicted molar refractivity (Wildman–Crippen MR) is 177 cm³/mol. The van der Waals surface area contributed by atoms with Gasteiger partial charge in [0, 0.05) is 53.4 Å². The van der Waals surface area contributed by atoms with Crippen molar-refractivity contribution in [1.82, 2.24) is 9.47 Å². The van der Waals surface area contributed by atoms with Crippen molar-refractivity contribution >= 4 is 22.6 Å². The van der Waals surface area contributed by atoms with Gasteiger partial charge in [-0.2, -0.15) is 13.2 Å². The lowest BCUT2D eigenvalue weighted by molar-refractivity contribution is -0.384. The smallest absolute Gasteiger partial charge is 0.422 e. The number of alkyl halides is 3. The van der Waals surface area contributed by atoms with Gasteiger partial charge in [-0.1, -0.05) is 18.2 Å². The molecule has 0 spiro atoms. The lowest BCUT2D eigenvalue weighted by Gasteiger charge is -2.39. The van der Waals surface area contributed by atoms with Gasteiger partial charge in [0.1, 0.15) is 17.3 Å². The summed E-state index contributed by atoms with van der Waals surface area (Å²) in [6, 6.07) is 12.9. The molecule has 5 rings (SSSR count). The number of carbonyl (C=O) groups is 1. The number of likely N-dealkylation sites (tertiary alicyclic amines) is 1. The Morgan fingerprint density at radius 3 is 2.26 bits per heavy atom. The van der Waals surface area contributed by atoms with Crippen LogP contribution < -0.4 is 9.47 Å². The molecule has 1 fully saturated rings. The molecule has 1 atom stereocenters. The number of nitro groups is 1. The number of methoxy groups -OCH3 is 3. The summed E-state index contributed by atoms with van der Waals surface area (Å²) in [5.74, 6) is 0.334. The molecule has 14 heteroatoms. The standard InChI is InChI=1S/C36H39F4N3O7/c1-48-32-17-24(8-11-34(44)50-3)18-33(49-2)28(32)16-23-12-14-41(15-13-23)22-35(45,36(38,39)40)29-21-42(20-25-6-4-5-7-30(25)37)31-19-26(43(46)47)9-10-27(29)31/h4-7,9-10,17-19,21,23,45H,8,11-16,20,22H2,1-3H3. The topological polar surface area (TPSA) is 116 Å². The number of β-amino-alcohol motifs (C(OH)–C–C–N with tert-alkyl or cyclic N) is 1. The normalized spacial score (nSPS) is 15.5. The third-order valence-corrected chi connectivity index (χ3v) is 9.46. The lowest BCUT2D eigenvalue weighted by Crippen LogP contribution is -2.52. The van der Waals surface area contributed by atoms with Crippen molar-refractivity contribution in [3.05, 3.63) is 99.0 Å². The largest absolute Gasteiger partial charge is 0.496 e. The van der Waals surface area contributed by atoms with Gasteiger partial charge in [-0.25, -0.2) is 4.39 Å². The minimum Gasteiger partial charge on any atom is -0.496 e. The van der Waals surface area contributed by atoms with Gasteiger partial charge in [-0.15, -0.1) is 0 Å².